The molecule has 1 aliphatic heterocycles. The summed E-state index contributed by atoms with van der Waals surface area (Å²) in [5.74, 6) is 1.17. The molecule has 1 saturated heterocycles. The maximum absolute atomic E-state index is 12.1. The second-order valence-electron chi connectivity index (χ2n) is 5.44. The van der Waals surface area contributed by atoms with E-state index in [2.05, 4.69) is 0 Å². The molecule has 0 bridgehead atoms. The molecule has 1 unspecified atom stereocenters. The number of hydrogen-bond acceptors (Lipinski definition) is 3. The summed E-state index contributed by atoms with van der Waals surface area (Å²) in [7, 11) is 0. The Kier molecular flexibility index (Phi) is 6.33. The highest BCUT2D eigenvalue weighted by Crippen LogP contribution is 2.18. The van der Waals surface area contributed by atoms with E-state index >= 15 is 0 Å². The molecular formula is C16H22ClNO3. The lowest BCUT2D eigenvalue weighted by molar-refractivity contribution is -0.133. The van der Waals surface area contributed by atoms with Gasteiger partial charge in [-0.3, -0.25) is 4.79 Å². The van der Waals surface area contributed by atoms with Crippen LogP contribution in [0.3, 0.4) is 0 Å². The zero-order chi connectivity index (χ0) is 15.1. The van der Waals surface area contributed by atoms with E-state index in [1.54, 1.807) is 12.1 Å². The molecule has 116 valence electrons. The normalized spacial score (nSPS) is 18.6. The van der Waals surface area contributed by atoms with Gasteiger partial charge >= 0.3 is 0 Å². The van der Waals surface area contributed by atoms with Gasteiger partial charge < -0.3 is 14.7 Å². The van der Waals surface area contributed by atoms with Gasteiger partial charge in [0.05, 0.1) is 6.61 Å². The minimum atomic E-state index is 0.160. The molecule has 2 rings (SSSR count). The van der Waals surface area contributed by atoms with Crippen LogP contribution in [0.4, 0.5) is 0 Å². The number of piperidine rings is 1. The minimum absolute atomic E-state index is 0.160. The number of carbonyl (C=O) groups is 1. The zero-order valence-electron chi connectivity index (χ0n) is 12.1. The summed E-state index contributed by atoms with van der Waals surface area (Å²) in [4.78, 5) is 14.0. The number of halogens is 1. The Bertz CT molecular complexity index is 449. The second-order valence-corrected chi connectivity index (χ2v) is 5.87. The number of rotatable bonds is 6. The molecule has 1 aliphatic rings. The molecule has 1 fully saturated rings. The summed E-state index contributed by atoms with van der Waals surface area (Å²) in [6.45, 7) is 2.19. The van der Waals surface area contributed by atoms with E-state index in [1.807, 2.05) is 17.0 Å². The lowest BCUT2D eigenvalue weighted by atomic mass is 9.99. The van der Waals surface area contributed by atoms with Crippen molar-refractivity contribution in [3.05, 3.63) is 29.3 Å². The number of benzene rings is 1. The maximum atomic E-state index is 12.1. The van der Waals surface area contributed by atoms with Crippen LogP contribution < -0.4 is 4.74 Å². The molecule has 0 aliphatic carbocycles. The number of amides is 1. The third kappa shape index (κ3) is 5.21. The Labute approximate surface area is 130 Å². The number of carbonyl (C=O) groups excluding carboxylic acids is 1. The van der Waals surface area contributed by atoms with E-state index in [0.29, 0.717) is 31.0 Å². The van der Waals surface area contributed by atoms with Crippen LogP contribution >= 0.6 is 11.6 Å². The van der Waals surface area contributed by atoms with Crippen molar-refractivity contribution in [3.63, 3.8) is 0 Å². The van der Waals surface area contributed by atoms with E-state index in [1.165, 1.54) is 0 Å². The van der Waals surface area contributed by atoms with Gasteiger partial charge in [-0.2, -0.15) is 0 Å². The highest BCUT2D eigenvalue weighted by molar-refractivity contribution is 6.30. The summed E-state index contributed by atoms with van der Waals surface area (Å²) in [5, 5.41) is 9.86. The standard InChI is InChI=1S/C16H22ClNO3/c17-14-5-7-15(8-6-14)21-10-2-4-16(20)18-9-1-3-13(11-18)12-19/h5-8,13,19H,1-4,9-12H2. The molecule has 1 aromatic carbocycles. The quantitative estimate of drug-likeness (QED) is 0.822. The second kappa shape index (κ2) is 8.25. The first-order valence-corrected chi connectivity index (χ1v) is 7.84. The van der Waals surface area contributed by atoms with Gasteiger partial charge in [0.2, 0.25) is 5.91 Å². The molecular weight excluding hydrogens is 290 g/mol. The first-order valence-electron chi connectivity index (χ1n) is 7.46. The van der Waals surface area contributed by atoms with Crippen molar-refractivity contribution >= 4 is 17.5 Å². The maximum Gasteiger partial charge on any atom is 0.222 e. The summed E-state index contributed by atoms with van der Waals surface area (Å²) >= 11 is 5.80. The lowest BCUT2D eigenvalue weighted by Crippen LogP contribution is -2.40. The van der Waals surface area contributed by atoms with Crippen LogP contribution in [0.15, 0.2) is 24.3 Å². The van der Waals surface area contributed by atoms with E-state index in [9.17, 15) is 9.90 Å². The Hall–Kier alpha value is -1.26. The van der Waals surface area contributed by atoms with Gasteiger partial charge in [0.15, 0.2) is 0 Å². The number of aliphatic hydroxyl groups is 1. The van der Waals surface area contributed by atoms with Crippen molar-refractivity contribution < 1.29 is 14.6 Å². The Morgan fingerprint density at radius 3 is 2.86 bits per heavy atom. The van der Waals surface area contributed by atoms with Crippen LogP contribution in [0.5, 0.6) is 5.75 Å². The number of hydrogen-bond donors (Lipinski definition) is 1. The van der Waals surface area contributed by atoms with Crippen LogP contribution in [-0.2, 0) is 4.79 Å². The van der Waals surface area contributed by atoms with Crippen LogP contribution in [0, 0.1) is 5.92 Å². The Morgan fingerprint density at radius 2 is 2.14 bits per heavy atom. The third-order valence-electron chi connectivity index (χ3n) is 3.75. The number of nitrogens with zero attached hydrogens (tertiary/aromatic N) is 1. The summed E-state index contributed by atoms with van der Waals surface area (Å²) < 4.78 is 5.57. The van der Waals surface area contributed by atoms with E-state index < -0.39 is 0 Å². The fraction of sp³-hybridized carbons (Fsp3) is 0.562. The van der Waals surface area contributed by atoms with Crippen LogP contribution in [0.25, 0.3) is 0 Å². The van der Waals surface area contributed by atoms with Crippen molar-refractivity contribution in [2.75, 3.05) is 26.3 Å². The Balaban J connectivity index is 1.66. The lowest BCUT2D eigenvalue weighted by Gasteiger charge is -2.31. The van der Waals surface area contributed by atoms with Gasteiger partial charge in [-0.25, -0.2) is 0 Å². The van der Waals surface area contributed by atoms with Crippen LogP contribution in [-0.4, -0.2) is 42.2 Å². The SMILES string of the molecule is O=C(CCCOc1ccc(Cl)cc1)N1CCCC(CO)C1. The molecule has 4 nitrogen and oxygen atoms in total. The summed E-state index contributed by atoms with van der Waals surface area (Å²) in [6, 6.07) is 7.21. The Morgan fingerprint density at radius 1 is 1.38 bits per heavy atom. The number of ether oxygens (including phenoxy) is 1. The van der Waals surface area contributed by atoms with Crippen LogP contribution in [0.1, 0.15) is 25.7 Å². The predicted molar refractivity (Wildman–Crippen MR) is 82.6 cm³/mol. The van der Waals surface area contributed by atoms with E-state index in [-0.39, 0.29) is 18.4 Å². The molecule has 0 aromatic heterocycles. The fourth-order valence-electron chi connectivity index (χ4n) is 2.54. The monoisotopic (exact) mass is 311 g/mol. The first kappa shape index (κ1) is 16.1. The highest BCUT2D eigenvalue weighted by Gasteiger charge is 2.22. The molecule has 1 heterocycles. The van der Waals surface area contributed by atoms with Gasteiger partial charge in [-0.15, -0.1) is 0 Å². The van der Waals surface area contributed by atoms with Crippen molar-refractivity contribution in [1.29, 1.82) is 0 Å². The average molecular weight is 312 g/mol. The first-order chi connectivity index (χ1) is 10.2. The van der Waals surface area contributed by atoms with E-state index in [4.69, 9.17) is 16.3 Å². The molecule has 1 aromatic rings. The molecule has 21 heavy (non-hydrogen) atoms. The molecule has 1 N–H and O–H groups in total. The van der Waals surface area contributed by atoms with Crippen LogP contribution in [0.2, 0.25) is 5.02 Å². The molecule has 1 amide bonds. The number of aliphatic hydroxyl groups excluding tert-OH is 1. The average Bonchev–Trinajstić information content (AvgIpc) is 2.53. The molecule has 0 radical (unpaired) electrons. The van der Waals surface area contributed by atoms with Gasteiger partial charge in [0.1, 0.15) is 5.75 Å². The highest BCUT2D eigenvalue weighted by atomic mass is 35.5. The largest absolute Gasteiger partial charge is 0.494 e. The van der Waals surface area contributed by atoms with Gasteiger partial charge in [0.25, 0.3) is 0 Å². The third-order valence-corrected chi connectivity index (χ3v) is 4.00. The minimum Gasteiger partial charge on any atom is -0.494 e. The van der Waals surface area contributed by atoms with Gasteiger partial charge in [-0.1, -0.05) is 11.6 Å². The van der Waals surface area contributed by atoms with Crippen molar-refractivity contribution in [1.82, 2.24) is 4.90 Å². The molecule has 5 heteroatoms. The zero-order valence-corrected chi connectivity index (χ0v) is 12.9. The summed E-state index contributed by atoms with van der Waals surface area (Å²) in [5.41, 5.74) is 0. The topological polar surface area (TPSA) is 49.8 Å². The molecule has 0 spiro atoms. The smallest absolute Gasteiger partial charge is 0.222 e. The van der Waals surface area contributed by atoms with Crippen molar-refractivity contribution in [2.45, 2.75) is 25.7 Å². The molecule has 0 saturated carbocycles. The van der Waals surface area contributed by atoms with Gasteiger partial charge in [-0.05, 0) is 49.4 Å². The molecule has 1 atom stereocenters. The van der Waals surface area contributed by atoms with Gasteiger partial charge in [0, 0.05) is 31.1 Å². The number of likely N-dealkylation sites (tertiary alicyclic amines) is 1. The fourth-order valence-corrected chi connectivity index (χ4v) is 2.67. The van der Waals surface area contributed by atoms with Crippen molar-refractivity contribution in [2.24, 2.45) is 5.92 Å². The van der Waals surface area contributed by atoms with E-state index in [0.717, 1.165) is 25.1 Å². The summed E-state index contributed by atoms with van der Waals surface area (Å²) in [6.07, 6.45) is 3.19. The van der Waals surface area contributed by atoms with Crippen molar-refractivity contribution in [3.8, 4) is 5.75 Å². The predicted octanol–water partition coefficient (Wildman–Crippen LogP) is 2.73.